The first-order chi connectivity index (χ1) is 6.18. The third kappa shape index (κ3) is 1.09. The second kappa shape index (κ2) is 2.82. The first-order valence-corrected chi connectivity index (χ1v) is 5.05. The fourth-order valence-corrected chi connectivity index (χ4v) is 2.74. The van der Waals surface area contributed by atoms with Gasteiger partial charge in [0.05, 0.1) is 7.11 Å². The summed E-state index contributed by atoms with van der Waals surface area (Å²) in [5, 5.41) is 3.99. The normalized spacial score (nSPS) is 25.7. The number of esters is 1. The van der Waals surface area contributed by atoms with E-state index in [2.05, 4.69) is 0 Å². The fraction of sp³-hybridized carbons (Fsp3) is 0.444. The highest BCUT2D eigenvalue weighted by Gasteiger charge is 2.43. The van der Waals surface area contributed by atoms with Gasteiger partial charge in [-0.1, -0.05) is 0 Å². The van der Waals surface area contributed by atoms with Gasteiger partial charge < -0.3 is 10.5 Å². The zero-order valence-corrected chi connectivity index (χ0v) is 8.19. The van der Waals surface area contributed by atoms with Crippen LogP contribution in [0.1, 0.15) is 17.5 Å². The molecule has 1 aromatic rings. The molecular weight excluding hydrogens is 186 g/mol. The second-order valence-electron chi connectivity index (χ2n) is 3.27. The number of carbonyl (C=O) groups is 1. The van der Waals surface area contributed by atoms with E-state index >= 15 is 0 Å². The van der Waals surface area contributed by atoms with E-state index in [0.29, 0.717) is 6.42 Å². The van der Waals surface area contributed by atoms with Gasteiger partial charge in [-0.25, -0.2) is 4.79 Å². The molecule has 3 nitrogen and oxygen atoms in total. The number of thiophene rings is 1. The summed E-state index contributed by atoms with van der Waals surface area (Å²) >= 11 is 1.58. The van der Waals surface area contributed by atoms with Crippen LogP contribution in [0.15, 0.2) is 10.8 Å². The van der Waals surface area contributed by atoms with Crippen molar-refractivity contribution < 1.29 is 9.53 Å². The monoisotopic (exact) mass is 197 g/mol. The molecule has 13 heavy (non-hydrogen) atoms. The van der Waals surface area contributed by atoms with E-state index in [1.807, 2.05) is 10.8 Å². The topological polar surface area (TPSA) is 52.3 Å². The Morgan fingerprint density at radius 3 is 3.15 bits per heavy atom. The molecule has 0 fully saturated rings. The van der Waals surface area contributed by atoms with E-state index < -0.39 is 5.54 Å². The first-order valence-electron chi connectivity index (χ1n) is 4.11. The highest BCUT2D eigenvalue weighted by atomic mass is 32.1. The summed E-state index contributed by atoms with van der Waals surface area (Å²) in [6.07, 6.45) is 1.54. The highest BCUT2D eigenvalue weighted by molar-refractivity contribution is 7.08. The van der Waals surface area contributed by atoms with Crippen LogP contribution < -0.4 is 5.73 Å². The fourth-order valence-electron chi connectivity index (χ4n) is 1.77. The predicted molar refractivity (Wildman–Crippen MR) is 50.5 cm³/mol. The minimum absolute atomic E-state index is 0.329. The number of carbonyl (C=O) groups excluding carboxylic acids is 1. The van der Waals surface area contributed by atoms with E-state index in [1.54, 1.807) is 11.3 Å². The molecule has 70 valence electrons. The standard InChI is InChI=1S/C9H11NO2S/c1-12-8(11)9(10)3-2-6-4-13-5-7(6)9/h4-5H,2-3,10H2,1H3. The number of rotatable bonds is 1. The Kier molecular flexibility index (Phi) is 1.89. The molecule has 0 saturated carbocycles. The Labute approximate surface area is 80.5 Å². The summed E-state index contributed by atoms with van der Waals surface area (Å²) in [6.45, 7) is 0. The van der Waals surface area contributed by atoms with Gasteiger partial charge in [-0.05, 0) is 34.7 Å². The third-order valence-electron chi connectivity index (χ3n) is 2.56. The maximum Gasteiger partial charge on any atom is 0.330 e. The molecule has 2 rings (SSSR count). The maximum absolute atomic E-state index is 11.5. The zero-order valence-electron chi connectivity index (χ0n) is 7.37. The molecular formula is C9H11NO2S. The molecule has 0 spiro atoms. The summed E-state index contributed by atoms with van der Waals surface area (Å²) in [7, 11) is 1.38. The van der Waals surface area contributed by atoms with Gasteiger partial charge >= 0.3 is 5.97 Å². The van der Waals surface area contributed by atoms with Crippen LogP contribution in [0.3, 0.4) is 0 Å². The Morgan fingerprint density at radius 2 is 2.46 bits per heavy atom. The molecule has 1 unspecified atom stereocenters. The average molecular weight is 197 g/mol. The molecule has 4 heteroatoms. The number of ether oxygens (including phenoxy) is 1. The van der Waals surface area contributed by atoms with Crippen molar-refractivity contribution in [2.45, 2.75) is 18.4 Å². The van der Waals surface area contributed by atoms with Crippen LogP contribution in [0, 0.1) is 0 Å². The molecule has 0 aliphatic heterocycles. The molecule has 0 saturated heterocycles. The molecule has 0 amide bonds. The van der Waals surface area contributed by atoms with Gasteiger partial charge in [-0.3, -0.25) is 0 Å². The minimum Gasteiger partial charge on any atom is -0.467 e. The average Bonchev–Trinajstić information content (AvgIpc) is 2.69. The van der Waals surface area contributed by atoms with Crippen molar-refractivity contribution in [3.05, 3.63) is 21.9 Å². The minimum atomic E-state index is -0.885. The zero-order chi connectivity index (χ0) is 9.47. The number of methoxy groups -OCH3 is 1. The predicted octanol–water partition coefficient (Wildman–Crippen LogP) is 1.02. The van der Waals surface area contributed by atoms with Crippen molar-refractivity contribution in [3.63, 3.8) is 0 Å². The lowest BCUT2D eigenvalue weighted by atomic mass is 9.96. The SMILES string of the molecule is COC(=O)C1(N)CCc2cscc21. The van der Waals surface area contributed by atoms with E-state index in [0.717, 1.165) is 12.0 Å². The van der Waals surface area contributed by atoms with Crippen LogP contribution in [-0.4, -0.2) is 13.1 Å². The molecule has 0 aromatic carbocycles. The molecule has 2 N–H and O–H groups in total. The summed E-state index contributed by atoms with van der Waals surface area (Å²) in [4.78, 5) is 11.5. The molecule has 1 aliphatic rings. The second-order valence-corrected chi connectivity index (χ2v) is 4.02. The van der Waals surface area contributed by atoms with Gasteiger partial charge in [0.25, 0.3) is 0 Å². The Bertz CT molecular complexity index is 347. The van der Waals surface area contributed by atoms with Gasteiger partial charge in [0.15, 0.2) is 0 Å². The Balaban J connectivity index is 2.43. The van der Waals surface area contributed by atoms with E-state index in [-0.39, 0.29) is 5.97 Å². The van der Waals surface area contributed by atoms with Crippen LogP contribution in [0.5, 0.6) is 0 Å². The maximum atomic E-state index is 11.5. The molecule has 0 radical (unpaired) electrons. The van der Waals surface area contributed by atoms with Crippen molar-refractivity contribution in [2.24, 2.45) is 5.73 Å². The summed E-state index contributed by atoms with van der Waals surface area (Å²) in [5.74, 6) is -0.329. The molecule has 0 bridgehead atoms. The smallest absolute Gasteiger partial charge is 0.330 e. The van der Waals surface area contributed by atoms with Gasteiger partial charge in [-0.2, -0.15) is 11.3 Å². The summed E-state index contributed by atoms with van der Waals surface area (Å²) in [6, 6.07) is 0. The lowest BCUT2D eigenvalue weighted by molar-refractivity contribution is -0.147. The van der Waals surface area contributed by atoms with E-state index in [4.69, 9.17) is 10.5 Å². The first kappa shape index (κ1) is 8.72. The quantitative estimate of drug-likeness (QED) is 0.684. The van der Waals surface area contributed by atoms with E-state index in [9.17, 15) is 4.79 Å². The van der Waals surface area contributed by atoms with Crippen LogP contribution in [0.2, 0.25) is 0 Å². The number of aryl methyl sites for hydroxylation is 1. The summed E-state index contributed by atoms with van der Waals surface area (Å²) in [5.41, 5.74) is 7.26. The molecule has 1 aromatic heterocycles. The Hall–Kier alpha value is -0.870. The number of hydrogen-bond donors (Lipinski definition) is 1. The van der Waals surface area contributed by atoms with E-state index in [1.165, 1.54) is 12.7 Å². The molecule has 1 atom stereocenters. The lowest BCUT2D eigenvalue weighted by Gasteiger charge is -2.20. The van der Waals surface area contributed by atoms with Crippen LogP contribution >= 0.6 is 11.3 Å². The van der Waals surface area contributed by atoms with Gasteiger partial charge in [0.2, 0.25) is 0 Å². The van der Waals surface area contributed by atoms with Crippen LogP contribution in [0.25, 0.3) is 0 Å². The number of nitrogens with two attached hydrogens (primary N) is 1. The Morgan fingerprint density at radius 1 is 1.69 bits per heavy atom. The van der Waals surface area contributed by atoms with Gasteiger partial charge in [-0.15, -0.1) is 0 Å². The highest BCUT2D eigenvalue weighted by Crippen LogP contribution is 2.37. The van der Waals surface area contributed by atoms with Crippen molar-refractivity contribution in [2.75, 3.05) is 7.11 Å². The van der Waals surface area contributed by atoms with Crippen LogP contribution in [-0.2, 0) is 21.5 Å². The van der Waals surface area contributed by atoms with Gasteiger partial charge in [0.1, 0.15) is 5.54 Å². The number of hydrogen-bond acceptors (Lipinski definition) is 4. The van der Waals surface area contributed by atoms with Gasteiger partial charge in [0, 0.05) is 0 Å². The number of fused-ring (bicyclic) bond motifs is 1. The van der Waals surface area contributed by atoms with Crippen molar-refractivity contribution >= 4 is 17.3 Å². The van der Waals surface area contributed by atoms with Crippen LogP contribution in [0.4, 0.5) is 0 Å². The van der Waals surface area contributed by atoms with Crippen molar-refractivity contribution in [1.82, 2.24) is 0 Å². The molecule has 1 heterocycles. The largest absolute Gasteiger partial charge is 0.467 e. The van der Waals surface area contributed by atoms with Crippen molar-refractivity contribution in [1.29, 1.82) is 0 Å². The summed E-state index contributed by atoms with van der Waals surface area (Å²) < 4.78 is 4.70. The third-order valence-corrected chi connectivity index (χ3v) is 3.35. The molecule has 1 aliphatic carbocycles. The van der Waals surface area contributed by atoms with Crippen molar-refractivity contribution in [3.8, 4) is 0 Å². The lowest BCUT2D eigenvalue weighted by Crippen LogP contribution is -2.43.